The van der Waals surface area contributed by atoms with Crippen molar-refractivity contribution >= 4 is 0 Å². The lowest BCUT2D eigenvalue weighted by molar-refractivity contribution is 0.130. The summed E-state index contributed by atoms with van der Waals surface area (Å²) in [5, 5.41) is 9.45. The molecule has 1 nitrogen and oxygen atoms in total. The van der Waals surface area contributed by atoms with E-state index >= 15 is 0 Å². The molecule has 0 bridgehead atoms. The van der Waals surface area contributed by atoms with E-state index in [1.807, 2.05) is 0 Å². The van der Waals surface area contributed by atoms with Crippen LogP contribution in [0.4, 0.5) is 0 Å². The van der Waals surface area contributed by atoms with E-state index in [1.165, 1.54) is 29.5 Å². The van der Waals surface area contributed by atoms with Crippen molar-refractivity contribution in [1.82, 2.24) is 0 Å². The quantitative estimate of drug-likeness (QED) is 0.785. The first-order valence-electron chi connectivity index (χ1n) is 5.75. The second kappa shape index (κ2) is 3.64. The molecule has 1 aromatic carbocycles. The first kappa shape index (κ1) is 10.7. The summed E-state index contributed by atoms with van der Waals surface area (Å²) in [6, 6.07) is 6.73. The van der Waals surface area contributed by atoms with Gasteiger partial charge in [0, 0.05) is 6.61 Å². The summed E-state index contributed by atoms with van der Waals surface area (Å²) in [6.07, 6.45) is 2.36. The van der Waals surface area contributed by atoms with Crippen molar-refractivity contribution in [3.05, 3.63) is 34.9 Å². The number of hydrogen-bond donors (Lipinski definition) is 1. The Labute approximate surface area is 92.1 Å². The first-order valence-corrected chi connectivity index (χ1v) is 5.75. The maximum atomic E-state index is 9.45. The zero-order valence-corrected chi connectivity index (χ0v) is 9.88. The Bertz CT molecular complexity index is 366. The van der Waals surface area contributed by atoms with Crippen LogP contribution in [0.3, 0.4) is 0 Å². The van der Waals surface area contributed by atoms with E-state index in [-0.39, 0.29) is 12.0 Å². The third-order valence-corrected chi connectivity index (χ3v) is 3.73. The van der Waals surface area contributed by atoms with Gasteiger partial charge in [0.15, 0.2) is 0 Å². The average Bonchev–Trinajstić information content (AvgIpc) is 2.61. The molecule has 0 aromatic heterocycles. The van der Waals surface area contributed by atoms with Crippen LogP contribution in [0.2, 0.25) is 0 Å². The van der Waals surface area contributed by atoms with Crippen molar-refractivity contribution < 1.29 is 5.11 Å². The molecule has 0 saturated heterocycles. The molecule has 1 aromatic rings. The molecule has 1 unspecified atom stereocenters. The zero-order valence-electron chi connectivity index (χ0n) is 9.88. The van der Waals surface area contributed by atoms with Crippen molar-refractivity contribution in [1.29, 1.82) is 0 Å². The molecule has 1 heteroatoms. The van der Waals surface area contributed by atoms with E-state index < -0.39 is 0 Å². The highest BCUT2D eigenvalue weighted by atomic mass is 16.3. The Hall–Kier alpha value is -0.820. The van der Waals surface area contributed by atoms with E-state index in [0.29, 0.717) is 5.92 Å². The number of aliphatic hydroxyl groups is 1. The van der Waals surface area contributed by atoms with Crippen molar-refractivity contribution in [3.8, 4) is 0 Å². The Morgan fingerprint density at radius 3 is 2.80 bits per heavy atom. The lowest BCUT2D eigenvalue weighted by Crippen LogP contribution is -2.24. The molecular weight excluding hydrogens is 184 g/mol. The minimum Gasteiger partial charge on any atom is -0.396 e. The van der Waals surface area contributed by atoms with E-state index in [4.69, 9.17) is 0 Å². The topological polar surface area (TPSA) is 20.2 Å². The highest BCUT2D eigenvalue weighted by molar-refractivity contribution is 5.39. The molecule has 1 aliphatic carbocycles. The SMILES string of the molecule is Cc1ccc2c(c1)C(C(C)(C)CO)CC2. The van der Waals surface area contributed by atoms with Crippen LogP contribution < -0.4 is 0 Å². The standard InChI is InChI=1S/C14H20O/c1-10-4-5-11-6-7-13(12(11)8-10)14(2,3)9-15/h4-5,8,13,15H,6-7,9H2,1-3H3. The van der Waals surface area contributed by atoms with Crippen LogP contribution in [0.25, 0.3) is 0 Å². The van der Waals surface area contributed by atoms with Crippen molar-refractivity contribution in [2.75, 3.05) is 6.61 Å². The minimum absolute atomic E-state index is 0.0129. The van der Waals surface area contributed by atoms with Gasteiger partial charge in [-0.15, -0.1) is 0 Å². The van der Waals surface area contributed by atoms with Crippen molar-refractivity contribution in [3.63, 3.8) is 0 Å². The molecular formula is C14H20O. The molecule has 0 spiro atoms. The van der Waals surface area contributed by atoms with Gasteiger partial charge in [-0.1, -0.05) is 37.6 Å². The van der Waals surface area contributed by atoms with Gasteiger partial charge in [0.25, 0.3) is 0 Å². The third kappa shape index (κ3) is 1.81. The zero-order chi connectivity index (χ0) is 11.1. The molecule has 0 amide bonds. The van der Waals surface area contributed by atoms with E-state index in [1.54, 1.807) is 0 Å². The molecule has 0 heterocycles. The van der Waals surface area contributed by atoms with Crippen molar-refractivity contribution in [2.24, 2.45) is 5.41 Å². The highest BCUT2D eigenvalue weighted by Gasteiger charge is 2.34. The number of aliphatic hydroxyl groups excluding tert-OH is 1. The average molecular weight is 204 g/mol. The molecule has 15 heavy (non-hydrogen) atoms. The minimum atomic E-state index is 0.0129. The fourth-order valence-corrected chi connectivity index (χ4v) is 2.64. The summed E-state index contributed by atoms with van der Waals surface area (Å²) >= 11 is 0. The van der Waals surface area contributed by atoms with Gasteiger partial charge in [0.2, 0.25) is 0 Å². The first-order chi connectivity index (χ1) is 7.04. The fraction of sp³-hybridized carbons (Fsp3) is 0.571. The summed E-state index contributed by atoms with van der Waals surface area (Å²) in [5.41, 5.74) is 4.29. The third-order valence-electron chi connectivity index (χ3n) is 3.73. The van der Waals surface area contributed by atoms with E-state index in [2.05, 4.69) is 39.0 Å². The molecule has 0 radical (unpaired) electrons. The molecule has 1 atom stereocenters. The molecule has 1 aliphatic rings. The van der Waals surface area contributed by atoms with Gasteiger partial charge < -0.3 is 5.11 Å². The molecule has 0 saturated carbocycles. The summed E-state index contributed by atoms with van der Waals surface area (Å²) in [7, 11) is 0. The molecule has 0 fully saturated rings. The highest BCUT2D eigenvalue weighted by Crippen LogP contribution is 2.44. The lowest BCUT2D eigenvalue weighted by Gasteiger charge is -2.30. The van der Waals surface area contributed by atoms with Crippen LogP contribution >= 0.6 is 0 Å². The van der Waals surface area contributed by atoms with Crippen LogP contribution in [0.5, 0.6) is 0 Å². The normalized spacial score (nSPS) is 20.4. The van der Waals surface area contributed by atoms with Gasteiger partial charge in [0.05, 0.1) is 0 Å². The summed E-state index contributed by atoms with van der Waals surface area (Å²) < 4.78 is 0. The van der Waals surface area contributed by atoms with Gasteiger partial charge in [-0.3, -0.25) is 0 Å². The largest absolute Gasteiger partial charge is 0.396 e. The van der Waals surface area contributed by atoms with Gasteiger partial charge >= 0.3 is 0 Å². The van der Waals surface area contributed by atoms with E-state index in [9.17, 15) is 5.11 Å². The Morgan fingerprint density at radius 1 is 1.40 bits per heavy atom. The Balaban J connectivity index is 2.39. The molecule has 1 N–H and O–H groups in total. The Kier molecular flexibility index (Phi) is 2.59. The summed E-state index contributed by atoms with van der Waals surface area (Å²) in [6.45, 7) is 6.73. The second-order valence-corrected chi connectivity index (χ2v) is 5.44. The number of rotatable bonds is 2. The molecule has 0 aliphatic heterocycles. The Morgan fingerprint density at radius 2 is 2.13 bits per heavy atom. The molecule has 82 valence electrons. The maximum Gasteiger partial charge on any atom is 0.0487 e. The van der Waals surface area contributed by atoms with Gasteiger partial charge in [-0.2, -0.15) is 0 Å². The van der Waals surface area contributed by atoms with Gasteiger partial charge in [0.1, 0.15) is 0 Å². The van der Waals surface area contributed by atoms with Crippen LogP contribution in [0.15, 0.2) is 18.2 Å². The number of fused-ring (bicyclic) bond motifs is 1. The predicted octanol–water partition coefficient (Wildman–Crippen LogP) is 3.04. The number of hydrogen-bond acceptors (Lipinski definition) is 1. The lowest BCUT2D eigenvalue weighted by atomic mass is 9.76. The summed E-state index contributed by atoms with van der Waals surface area (Å²) in [5.74, 6) is 0.525. The summed E-state index contributed by atoms with van der Waals surface area (Å²) in [4.78, 5) is 0. The number of aryl methyl sites for hydroxylation is 2. The van der Waals surface area contributed by atoms with Gasteiger partial charge in [-0.25, -0.2) is 0 Å². The van der Waals surface area contributed by atoms with Gasteiger partial charge in [-0.05, 0) is 42.2 Å². The smallest absolute Gasteiger partial charge is 0.0487 e. The monoisotopic (exact) mass is 204 g/mol. The number of benzene rings is 1. The van der Waals surface area contributed by atoms with Crippen LogP contribution in [0.1, 0.15) is 42.9 Å². The van der Waals surface area contributed by atoms with Crippen molar-refractivity contribution in [2.45, 2.75) is 39.5 Å². The van der Waals surface area contributed by atoms with E-state index in [0.717, 1.165) is 0 Å². The predicted molar refractivity (Wildman–Crippen MR) is 63.1 cm³/mol. The fourth-order valence-electron chi connectivity index (χ4n) is 2.64. The second-order valence-electron chi connectivity index (χ2n) is 5.44. The van der Waals surface area contributed by atoms with Crippen LogP contribution in [-0.2, 0) is 6.42 Å². The maximum absolute atomic E-state index is 9.45. The van der Waals surface area contributed by atoms with Crippen LogP contribution in [0, 0.1) is 12.3 Å². The molecule has 2 rings (SSSR count). The van der Waals surface area contributed by atoms with Crippen LogP contribution in [-0.4, -0.2) is 11.7 Å².